The molecule has 0 spiro atoms. The summed E-state index contributed by atoms with van der Waals surface area (Å²) in [6.45, 7) is 12.0. The Morgan fingerprint density at radius 2 is 1.71 bits per heavy atom. The molecule has 0 aromatic heterocycles. The third-order valence-corrected chi connectivity index (χ3v) is 7.76. The van der Waals surface area contributed by atoms with Crippen LogP contribution in [0.15, 0.2) is 24.3 Å². The summed E-state index contributed by atoms with van der Waals surface area (Å²) in [6, 6.07) is 8.42. The van der Waals surface area contributed by atoms with Crippen molar-refractivity contribution in [2.75, 3.05) is 6.54 Å². The Morgan fingerprint density at radius 3 is 2.29 bits per heavy atom. The third-order valence-electron chi connectivity index (χ3n) is 7.51. The van der Waals surface area contributed by atoms with Crippen molar-refractivity contribution in [3.05, 3.63) is 57.1 Å². The monoisotopic (exact) mass is 483 g/mol. The quantitative estimate of drug-likeness (QED) is 0.486. The van der Waals surface area contributed by atoms with Crippen LogP contribution in [0, 0.1) is 13.8 Å². The minimum Gasteiger partial charge on any atom is -0.479 e. The molecule has 4 nitrogen and oxygen atoms in total. The molecule has 2 aromatic rings. The number of carboxylic acid groups (broad SMARTS) is 1. The summed E-state index contributed by atoms with van der Waals surface area (Å²) in [5.41, 5.74) is 7.06. The van der Waals surface area contributed by atoms with Crippen LogP contribution in [0.4, 0.5) is 0 Å². The number of rotatable bonds is 5. The molecule has 1 N–H and O–H groups in total. The van der Waals surface area contributed by atoms with E-state index >= 15 is 0 Å². The fourth-order valence-corrected chi connectivity index (χ4v) is 6.03. The summed E-state index contributed by atoms with van der Waals surface area (Å²) >= 11 is 6.21. The van der Waals surface area contributed by atoms with E-state index in [0.717, 1.165) is 41.8 Å². The van der Waals surface area contributed by atoms with Crippen molar-refractivity contribution in [3.8, 4) is 11.1 Å². The van der Waals surface area contributed by atoms with Gasteiger partial charge in [-0.3, -0.25) is 4.90 Å². The third kappa shape index (κ3) is 5.19. The highest BCUT2D eigenvalue weighted by Gasteiger charge is 2.35. The molecular weight excluding hydrogens is 446 g/mol. The Hall–Kier alpha value is -1.88. The zero-order chi connectivity index (χ0) is 24.6. The fourth-order valence-electron chi connectivity index (χ4n) is 5.91. The van der Waals surface area contributed by atoms with Gasteiger partial charge in [-0.1, -0.05) is 43.0 Å². The first-order valence-corrected chi connectivity index (χ1v) is 13.0. The molecule has 0 unspecified atom stereocenters. The predicted octanol–water partition coefficient (Wildman–Crippen LogP) is 7.26. The van der Waals surface area contributed by atoms with Gasteiger partial charge in [-0.15, -0.1) is 0 Å². The highest BCUT2D eigenvalue weighted by molar-refractivity contribution is 6.30. The molecule has 34 heavy (non-hydrogen) atoms. The van der Waals surface area contributed by atoms with Gasteiger partial charge >= 0.3 is 5.97 Å². The molecule has 4 rings (SSSR count). The first kappa shape index (κ1) is 25.2. The molecular formula is C29H38ClNO3. The number of aliphatic carboxylic acids is 1. The van der Waals surface area contributed by atoms with Gasteiger partial charge < -0.3 is 9.84 Å². The van der Waals surface area contributed by atoms with Crippen molar-refractivity contribution >= 4 is 17.6 Å². The van der Waals surface area contributed by atoms with Gasteiger partial charge in [0.15, 0.2) is 6.10 Å². The van der Waals surface area contributed by atoms with E-state index in [1.165, 1.54) is 48.8 Å². The summed E-state index contributed by atoms with van der Waals surface area (Å²) in [5, 5.41) is 11.0. The van der Waals surface area contributed by atoms with Crippen molar-refractivity contribution in [2.45, 2.75) is 97.4 Å². The fraction of sp³-hybridized carbons (Fsp3) is 0.552. The molecule has 0 amide bonds. The van der Waals surface area contributed by atoms with Gasteiger partial charge in [0.05, 0.1) is 5.60 Å². The SMILES string of the molecule is Cc1c2c(c(C)c([C@H](OC(C)(C)C)C(=O)O)c1-c1ccc(Cl)cc1)CCN(C1CCCCC1)C2. The summed E-state index contributed by atoms with van der Waals surface area (Å²) in [5.74, 6) is -0.952. The number of nitrogens with zero attached hydrogens (tertiary/aromatic N) is 1. The molecule has 1 fully saturated rings. The molecule has 0 saturated heterocycles. The van der Waals surface area contributed by atoms with Crippen LogP contribution in [-0.4, -0.2) is 34.2 Å². The van der Waals surface area contributed by atoms with Crippen molar-refractivity contribution in [2.24, 2.45) is 0 Å². The van der Waals surface area contributed by atoms with Crippen LogP contribution < -0.4 is 0 Å². The van der Waals surface area contributed by atoms with Crippen LogP contribution in [0.1, 0.15) is 86.8 Å². The van der Waals surface area contributed by atoms with Gasteiger partial charge in [0.25, 0.3) is 0 Å². The average Bonchev–Trinajstić information content (AvgIpc) is 2.80. The summed E-state index contributed by atoms with van der Waals surface area (Å²) in [4.78, 5) is 15.2. The zero-order valence-corrected chi connectivity index (χ0v) is 22.0. The molecule has 184 valence electrons. The van der Waals surface area contributed by atoms with Gasteiger partial charge in [-0.05, 0) is 99.4 Å². The molecule has 1 saturated carbocycles. The van der Waals surface area contributed by atoms with Crippen molar-refractivity contribution < 1.29 is 14.6 Å². The number of ether oxygens (including phenoxy) is 1. The second kappa shape index (κ2) is 10.0. The van der Waals surface area contributed by atoms with Gasteiger partial charge in [0.2, 0.25) is 0 Å². The molecule has 1 atom stereocenters. The summed E-state index contributed by atoms with van der Waals surface area (Å²) < 4.78 is 6.18. The number of carboxylic acids is 1. The molecule has 0 radical (unpaired) electrons. The molecule has 2 aromatic carbocycles. The minimum atomic E-state index is -1.04. The van der Waals surface area contributed by atoms with Crippen LogP contribution >= 0.6 is 11.6 Å². The normalized spacial score (nSPS) is 18.5. The van der Waals surface area contributed by atoms with Gasteiger partial charge in [0.1, 0.15) is 0 Å². The van der Waals surface area contributed by atoms with E-state index in [2.05, 4.69) is 18.7 Å². The topological polar surface area (TPSA) is 49.8 Å². The molecule has 0 bridgehead atoms. The molecule has 2 aliphatic rings. The maximum atomic E-state index is 12.6. The Labute approximate surface area is 209 Å². The van der Waals surface area contributed by atoms with Crippen LogP contribution in [0.25, 0.3) is 11.1 Å². The lowest BCUT2D eigenvalue weighted by Crippen LogP contribution is -2.41. The largest absolute Gasteiger partial charge is 0.479 e. The van der Waals surface area contributed by atoms with Gasteiger partial charge in [0, 0.05) is 29.7 Å². The number of carbonyl (C=O) groups is 1. The van der Waals surface area contributed by atoms with Crippen molar-refractivity contribution in [3.63, 3.8) is 0 Å². The van der Waals surface area contributed by atoms with E-state index in [1.807, 2.05) is 45.0 Å². The molecule has 1 aliphatic carbocycles. The second-order valence-corrected chi connectivity index (χ2v) is 11.4. The Morgan fingerprint density at radius 1 is 1.06 bits per heavy atom. The summed E-state index contributed by atoms with van der Waals surface area (Å²) in [7, 11) is 0. The van der Waals surface area contributed by atoms with Crippen LogP contribution in [0.5, 0.6) is 0 Å². The Kier molecular flexibility index (Phi) is 7.42. The van der Waals surface area contributed by atoms with Crippen molar-refractivity contribution in [1.29, 1.82) is 0 Å². The summed E-state index contributed by atoms with van der Waals surface area (Å²) in [6.07, 6.45) is 6.50. The van der Waals surface area contributed by atoms with E-state index in [0.29, 0.717) is 11.1 Å². The van der Waals surface area contributed by atoms with Gasteiger partial charge in [-0.25, -0.2) is 4.79 Å². The maximum absolute atomic E-state index is 12.6. The number of hydrogen-bond donors (Lipinski definition) is 1. The lowest BCUT2D eigenvalue weighted by atomic mass is 9.79. The maximum Gasteiger partial charge on any atom is 0.337 e. The number of benzene rings is 2. The van der Waals surface area contributed by atoms with Crippen molar-refractivity contribution in [1.82, 2.24) is 4.90 Å². The lowest BCUT2D eigenvalue weighted by Gasteiger charge is -2.40. The standard InChI is InChI=1S/C29H38ClNO3/c1-18-23-15-16-31(22-9-7-6-8-10-22)17-24(23)19(2)25(20-11-13-21(30)14-12-20)26(18)27(28(32)33)34-29(3,4)5/h11-14,22,27H,6-10,15-17H2,1-5H3,(H,32,33)/t27-/m0/s1. The highest BCUT2D eigenvalue weighted by atomic mass is 35.5. The Balaban J connectivity index is 1.89. The average molecular weight is 484 g/mol. The van der Waals surface area contributed by atoms with E-state index < -0.39 is 17.7 Å². The van der Waals surface area contributed by atoms with Crippen LogP contribution in [0.3, 0.4) is 0 Å². The van der Waals surface area contributed by atoms with E-state index in [1.54, 1.807) is 0 Å². The van der Waals surface area contributed by atoms with E-state index in [4.69, 9.17) is 16.3 Å². The number of halogens is 1. The molecule has 5 heteroatoms. The molecule has 1 aliphatic heterocycles. The number of fused-ring (bicyclic) bond motifs is 1. The van der Waals surface area contributed by atoms with Crippen LogP contribution in [-0.2, 0) is 22.5 Å². The number of hydrogen-bond acceptors (Lipinski definition) is 3. The molecule has 1 heterocycles. The second-order valence-electron chi connectivity index (χ2n) is 11.0. The van der Waals surface area contributed by atoms with Crippen LogP contribution in [0.2, 0.25) is 5.02 Å². The highest BCUT2D eigenvalue weighted by Crippen LogP contribution is 2.43. The van der Waals surface area contributed by atoms with Gasteiger partial charge in [-0.2, -0.15) is 0 Å². The Bertz CT molecular complexity index is 1050. The zero-order valence-electron chi connectivity index (χ0n) is 21.2. The first-order valence-electron chi connectivity index (χ1n) is 12.6. The smallest absolute Gasteiger partial charge is 0.337 e. The van der Waals surface area contributed by atoms with E-state index in [-0.39, 0.29) is 0 Å². The van der Waals surface area contributed by atoms with E-state index in [9.17, 15) is 9.90 Å². The lowest BCUT2D eigenvalue weighted by molar-refractivity contribution is -0.160. The first-order chi connectivity index (χ1) is 16.1. The minimum absolute atomic E-state index is 0.589. The predicted molar refractivity (Wildman–Crippen MR) is 139 cm³/mol.